The van der Waals surface area contributed by atoms with Gasteiger partial charge in [0.1, 0.15) is 12.7 Å². The van der Waals surface area contributed by atoms with Crippen LogP contribution < -0.4 is 0 Å². The molecule has 1 aliphatic heterocycles. The highest BCUT2D eigenvalue weighted by Crippen LogP contribution is 2.21. The number of aliphatic hydroxyl groups excluding tert-OH is 1. The maximum absolute atomic E-state index is 11.7. The minimum absolute atomic E-state index is 0.0227. The molecule has 98 valence electrons. The Labute approximate surface area is 107 Å². The Morgan fingerprint density at radius 3 is 2.83 bits per heavy atom. The van der Waals surface area contributed by atoms with E-state index < -0.39 is 12.1 Å². The molecule has 0 spiro atoms. The van der Waals surface area contributed by atoms with Crippen LogP contribution in [0.1, 0.15) is 23.7 Å². The molecule has 0 saturated carbocycles. The van der Waals surface area contributed by atoms with E-state index in [0.717, 1.165) is 6.42 Å². The van der Waals surface area contributed by atoms with E-state index in [1.54, 1.807) is 24.3 Å². The standard InChI is InChI=1S/C14H18O4/c1-10-7-13(17-8-10)12(15)9-18-14(16)11-5-3-2-4-6-11/h2-6,10,12-13,15H,7-9H2,1H3/t10-,12-,13+/m1/s1. The van der Waals surface area contributed by atoms with E-state index in [-0.39, 0.29) is 12.7 Å². The van der Waals surface area contributed by atoms with Gasteiger partial charge < -0.3 is 14.6 Å². The van der Waals surface area contributed by atoms with Crippen molar-refractivity contribution in [3.63, 3.8) is 0 Å². The van der Waals surface area contributed by atoms with Crippen LogP contribution in [0.25, 0.3) is 0 Å². The highest BCUT2D eigenvalue weighted by Gasteiger charge is 2.29. The second-order valence-electron chi connectivity index (χ2n) is 4.74. The van der Waals surface area contributed by atoms with Gasteiger partial charge in [0.2, 0.25) is 0 Å². The molecule has 0 aromatic heterocycles. The van der Waals surface area contributed by atoms with Crippen molar-refractivity contribution >= 4 is 5.97 Å². The quantitative estimate of drug-likeness (QED) is 0.825. The van der Waals surface area contributed by atoms with Crippen molar-refractivity contribution in [2.45, 2.75) is 25.6 Å². The molecule has 2 rings (SSSR count). The van der Waals surface area contributed by atoms with Crippen LogP contribution in [0.3, 0.4) is 0 Å². The molecule has 1 saturated heterocycles. The van der Waals surface area contributed by atoms with Crippen LogP contribution in [0.4, 0.5) is 0 Å². The van der Waals surface area contributed by atoms with Crippen LogP contribution in [0, 0.1) is 5.92 Å². The van der Waals surface area contributed by atoms with Gasteiger partial charge in [-0.1, -0.05) is 25.1 Å². The second-order valence-corrected chi connectivity index (χ2v) is 4.74. The van der Waals surface area contributed by atoms with Gasteiger partial charge in [0, 0.05) is 6.61 Å². The van der Waals surface area contributed by atoms with Crippen molar-refractivity contribution in [2.75, 3.05) is 13.2 Å². The van der Waals surface area contributed by atoms with Gasteiger partial charge in [0.05, 0.1) is 11.7 Å². The summed E-state index contributed by atoms with van der Waals surface area (Å²) in [5, 5.41) is 9.86. The molecule has 4 heteroatoms. The van der Waals surface area contributed by atoms with Crippen molar-refractivity contribution in [2.24, 2.45) is 5.92 Å². The molecule has 0 amide bonds. The average molecular weight is 250 g/mol. The van der Waals surface area contributed by atoms with E-state index in [1.807, 2.05) is 6.07 Å². The Balaban J connectivity index is 1.79. The minimum atomic E-state index is -0.748. The van der Waals surface area contributed by atoms with Crippen LogP contribution in [0.5, 0.6) is 0 Å². The summed E-state index contributed by atoms with van der Waals surface area (Å²) in [5.74, 6) is 0.0372. The lowest BCUT2D eigenvalue weighted by atomic mass is 10.1. The molecule has 1 heterocycles. The maximum atomic E-state index is 11.7. The summed E-state index contributed by atoms with van der Waals surface area (Å²) < 4.78 is 10.5. The summed E-state index contributed by atoms with van der Waals surface area (Å²) in [6.07, 6.45) is -0.157. The first-order valence-electron chi connectivity index (χ1n) is 6.18. The molecule has 4 nitrogen and oxygen atoms in total. The lowest BCUT2D eigenvalue weighted by molar-refractivity contribution is -0.0380. The monoisotopic (exact) mass is 250 g/mol. The summed E-state index contributed by atoms with van der Waals surface area (Å²) in [5.41, 5.74) is 0.491. The number of esters is 1. The molecule has 1 aliphatic rings. The third kappa shape index (κ3) is 3.31. The van der Waals surface area contributed by atoms with Crippen LogP contribution in [-0.4, -0.2) is 36.5 Å². The molecule has 18 heavy (non-hydrogen) atoms. The van der Waals surface area contributed by atoms with Gasteiger partial charge in [-0.05, 0) is 24.5 Å². The topological polar surface area (TPSA) is 55.8 Å². The lowest BCUT2D eigenvalue weighted by Crippen LogP contribution is -2.31. The van der Waals surface area contributed by atoms with Crippen molar-refractivity contribution in [1.29, 1.82) is 0 Å². The Kier molecular flexibility index (Phi) is 4.33. The lowest BCUT2D eigenvalue weighted by Gasteiger charge is -2.17. The Hall–Kier alpha value is -1.39. The largest absolute Gasteiger partial charge is 0.459 e. The number of aliphatic hydroxyl groups is 1. The van der Waals surface area contributed by atoms with E-state index in [2.05, 4.69) is 6.92 Å². The summed E-state index contributed by atoms with van der Waals surface area (Å²) in [6, 6.07) is 8.74. The van der Waals surface area contributed by atoms with E-state index >= 15 is 0 Å². The van der Waals surface area contributed by atoms with E-state index in [1.165, 1.54) is 0 Å². The SMILES string of the molecule is C[C@H]1CO[C@H]([C@H](O)COC(=O)c2ccccc2)C1. The Morgan fingerprint density at radius 1 is 1.50 bits per heavy atom. The van der Waals surface area contributed by atoms with Gasteiger partial charge in [-0.25, -0.2) is 4.79 Å². The molecule has 0 unspecified atom stereocenters. The van der Waals surface area contributed by atoms with Gasteiger partial charge in [0.15, 0.2) is 0 Å². The minimum Gasteiger partial charge on any atom is -0.459 e. The zero-order valence-corrected chi connectivity index (χ0v) is 10.4. The Bertz CT molecular complexity index is 390. The number of hydrogen-bond acceptors (Lipinski definition) is 4. The van der Waals surface area contributed by atoms with Crippen LogP contribution >= 0.6 is 0 Å². The highest BCUT2D eigenvalue weighted by molar-refractivity contribution is 5.89. The normalized spacial score (nSPS) is 24.8. The predicted octanol–water partition coefficient (Wildman–Crippen LogP) is 1.63. The fourth-order valence-corrected chi connectivity index (χ4v) is 2.01. The zero-order chi connectivity index (χ0) is 13.0. The van der Waals surface area contributed by atoms with E-state index in [4.69, 9.17) is 9.47 Å². The van der Waals surface area contributed by atoms with Gasteiger partial charge in [-0.15, -0.1) is 0 Å². The molecule has 1 aromatic carbocycles. The number of benzene rings is 1. The number of hydrogen-bond donors (Lipinski definition) is 1. The number of ether oxygens (including phenoxy) is 2. The van der Waals surface area contributed by atoms with Crippen molar-refractivity contribution in [3.05, 3.63) is 35.9 Å². The van der Waals surface area contributed by atoms with E-state index in [0.29, 0.717) is 18.1 Å². The molecule has 0 aliphatic carbocycles. The first-order chi connectivity index (χ1) is 8.66. The summed E-state index contributed by atoms with van der Waals surface area (Å²) in [4.78, 5) is 11.7. The molecule has 1 N–H and O–H groups in total. The van der Waals surface area contributed by atoms with Crippen molar-refractivity contribution in [3.8, 4) is 0 Å². The summed E-state index contributed by atoms with van der Waals surface area (Å²) in [7, 11) is 0. The van der Waals surface area contributed by atoms with Gasteiger partial charge in [-0.3, -0.25) is 0 Å². The first kappa shape index (κ1) is 13.1. The summed E-state index contributed by atoms with van der Waals surface area (Å²) >= 11 is 0. The number of carbonyl (C=O) groups is 1. The molecular weight excluding hydrogens is 232 g/mol. The smallest absolute Gasteiger partial charge is 0.338 e. The fraction of sp³-hybridized carbons (Fsp3) is 0.500. The third-order valence-electron chi connectivity index (χ3n) is 3.05. The van der Waals surface area contributed by atoms with Crippen LogP contribution in [-0.2, 0) is 9.47 Å². The van der Waals surface area contributed by atoms with Gasteiger partial charge in [0.25, 0.3) is 0 Å². The van der Waals surface area contributed by atoms with Crippen molar-refractivity contribution in [1.82, 2.24) is 0 Å². The maximum Gasteiger partial charge on any atom is 0.338 e. The first-order valence-corrected chi connectivity index (χ1v) is 6.18. The van der Waals surface area contributed by atoms with Gasteiger partial charge >= 0.3 is 5.97 Å². The molecule has 0 radical (unpaired) electrons. The fourth-order valence-electron chi connectivity index (χ4n) is 2.01. The molecule has 1 fully saturated rings. The average Bonchev–Trinajstić information content (AvgIpc) is 2.83. The number of rotatable bonds is 4. The molecular formula is C14H18O4. The predicted molar refractivity (Wildman–Crippen MR) is 66.3 cm³/mol. The Morgan fingerprint density at radius 2 is 2.22 bits per heavy atom. The molecule has 1 aromatic rings. The summed E-state index contributed by atoms with van der Waals surface area (Å²) in [6.45, 7) is 2.71. The van der Waals surface area contributed by atoms with Crippen molar-refractivity contribution < 1.29 is 19.4 Å². The number of carbonyl (C=O) groups excluding carboxylic acids is 1. The third-order valence-corrected chi connectivity index (χ3v) is 3.05. The van der Waals surface area contributed by atoms with Crippen LogP contribution in [0.2, 0.25) is 0 Å². The second kappa shape index (κ2) is 5.98. The molecule has 0 bridgehead atoms. The molecule has 3 atom stereocenters. The highest BCUT2D eigenvalue weighted by atomic mass is 16.6. The van der Waals surface area contributed by atoms with Gasteiger partial charge in [-0.2, -0.15) is 0 Å². The van der Waals surface area contributed by atoms with Crippen LogP contribution in [0.15, 0.2) is 30.3 Å². The zero-order valence-electron chi connectivity index (χ0n) is 10.4. The van der Waals surface area contributed by atoms with E-state index in [9.17, 15) is 9.90 Å².